The quantitative estimate of drug-likeness (QED) is 0.723. The van der Waals surface area contributed by atoms with Crippen molar-refractivity contribution in [3.63, 3.8) is 0 Å². The lowest BCUT2D eigenvalue weighted by Gasteiger charge is -2.36. The monoisotopic (exact) mass is 256 g/mol. The van der Waals surface area contributed by atoms with Gasteiger partial charge in [0.2, 0.25) is 0 Å². The van der Waals surface area contributed by atoms with Crippen molar-refractivity contribution in [3.05, 3.63) is 0 Å². The van der Waals surface area contributed by atoms with E-state index < -0.39 is 17.1 Å². The predicted molar refractivity (Wildman–Crippen MR) is 64.0 cm³/mol. The maximum atomic E-state index is 11.9. The summed E-state index contributed by atoms with van der Waals surface area (Å²) < 4.78 is 5.30. The number of piperidine rings is 1. The van der Waals surface area contributed by atoms with Crippen molar-refractivity contribution in [2.75, 3.05) is 6.54 Å². The molecule has 0 bridgehead atoms. The zero-order valence-corrected chi connectivity index (χ0v) is 11.0. The van der Waals surface area contributed by atoms with E-state index in [1.54, 1.807) is 4.90 Å². The van der Waals surface area contributed by atoms with Gasteiger partial charge in [0, 0.05) is 18.5 Å². The minimum atomic E-state index is -1.18. The molecule has 2 fully saturated rings. The van der Waals surface area contributed by atoms with Gasteiger partial charge in [-0.05, 0) is 33.6 Å². The van der Waals surface area contributed by atoms with Crippen molar-refractivity contribution in [2.45, 2.75) is 50.8 Å². The zero-order valence-electron chi connectivity index (χ0n) is 11.0. The smallest absolute Gasteiger partial charge is 0.410 e. The van der Waals surface area contributed by atoms with Crippen LogP contribution in [0, 0.1) is 5.92 Å². The second-order valence-electron chi connectivity index (χ2n) is 6.18. The maximum Gasteiger partial charge on any atom is 0.410 e. The maximum absolute atomic E-state index is 11.9. The van der Waals surface area contributed by atoms with Gasteiger partial charge in [-0.2, -0.15) is 0 Å². The lowest BCUT2D eigenvalue weighted by molar-refractivity contribution is -0.145. The zero-order chi connectivity index (χ0) is 13.7. The number of nitrogens with zero attached hydrogens (tertiary/aromatic N) is 1. The molecule has 102 valence electrons. The third kappa shape index (κ3) is 2.16. The van der Waals surface area contributed by atoms with Crippen LogP contribution in [-0.4, -0.2) is 45.8 Å². The van der Waals surface area contributed by atoms with Gasteiger partial charge in [0.05, 0.1) is 0 Å². The Labute approximate surface area is 106 Å². The summed E-state index contributed by atoms with van der Waals surface area (Å²) in [4.78, 5) is 24.7. The summed E-state index contributed by atoms with van der Waals surface area (Å²) in [6, 6.07) is -0.0744. The van der Waals surface area contributed by atoms with Gasteiger partial charge in [0.25, 0.3) is 0 Å². The van der Waals surface area contributed by atoms with Crippen LogP contribution >= 0.6 is 0 Å². The molecule has 6 heteroatoms. The van der Waals surface area contributed by atoms with Crippen molar-refractivity contribution >= 4 is 12.1 Å². The molecule has 0 aromatic heterocycles. The second-order valence-corrected chi connectivity index (χ2v) is 6.18. The third-order valence-electron chi connectivity index (χ3n) is 3.61. The van der Waals surface area contributed by atoms with Crippen LogP contribution in [-0.2, 0) is 9.53 Å². The first-order valence-corrected chi connectivity index (χ1v) is 6.17. The summed E-state index contributed by atoms with van der Waals surface area (Å²) in [5.74, 6) is -1.12. The van der Waals surface area contributed by atoms with Gasteiger partial charge < -0.3 is 20.5 Å². The largest absolute Gasteiger partial charge is 0.480 e. The predicted octanol–water partition coefficient (Wildman–Crippen LogP) is 0.798. The number of ether oxygens (including phenoxy) is 1. The molecule has 1 amide bonds. The van der Waals surface area contributed by atoms with Crippen LogP contribution < -0.4 is 5.73 Å². The Bertz CT molecular complexity index is 390. The van der Waals surface area contributed by atoms with E-state index in [0.29, 0.717) is 13.0 Å². The number of hydrogen-bond acceptors (Lipinski definition) is 4. The summed E-state index contributed by atoms with van der Waals surface area (Å²) in [5.41, 5.74) is 4.18. The SMILES string of the molecule is CC(C)(C)OC(=O)N1CCC(N)(C(=O)O)C2CC21. The minimum Gasteiger partial charge on any atom is -0.480 e. The first-order chi connectivity index (χ1) is 8.15. The number of fused-ring (bicyclic) bond motifs is 1. The number of rotatable bonds is 1. The Morgan fingerprint density at radius 2 is 2.06 bits per heavy atom. The first-order valence-electron chi connectivity index (χ1n) is 6.17. The third-order valence-corrected chi connectivity index (χ3v) is 3.61. The molecule has 1 saturated heterocycles. The van der Waals surface area contributed by atoms with Crippen LogP contribution in [0.3, 0.4) is 0 Å². The number of amides is 1. The summed E-state index contributed by atoms with van der Waals surface area (Å²) in [6.07, 6.45) is 0.563. The van der Waals surface area contributed by atoms with Gasteiger partial charge >= 0.3 is 12.1 Å². The van der Waals surface area contributed by atoms with E-state index in [2.05, 4.69) is 0 Å². The van der Waals surface area contributed by atoms with Crippen molar-refractivity contribution in [1.29, 1.82) is 0 Å². The Balaban J connectivity index is 2.02. The van der Waals surface area contributed by atoms with Gasteiger partial charge in [-0.25, -0.2) is 4.79 Å². The van der Waals surface area contributed by atoms with Crippen LogP contribution in [0.1, 0.15) is 33.6 Å². The highest BCUT2D eigenvalue weighted by atomic mass is 16.6. The highest BCUT2D eigenvalue weighted by molar-refractivity contribution is 5.81. The Morgan fingerprint density at radius 3 is 2.56 bits per heavy atom. The average molecular weight is 256 g/mol. The van der Waals surface area contributed by atoms with Crippen LogP contribution in [0.4, 0.5) is 4.79 Å². The molecular weight excluding hydrogens is 236 g/mol. The summed E-state index contributed by atoms with van der Waals surface area (Å²) >= 11 is 0. The van der Waals surface area contributed by atoms with E-state index in [-0.39, 0.29) is 24.5 Å². The normalized spacial score (nSPS) is 34.8. The van der Waals surface area contributed by atoms with Crippen molar-refractivity contribution in [3.8, 4) is 0 Å². The number of likely N-dealkylation sites (tertiary alicyclic amines) is 1. The van der Waals surface area contributed by atoms with Gasteiger partial charge in [0.1, 0.15) is 11.1 Å². The first kappa shape index (κ1) is 13.1. The van der Waals surface area contributed by atoms with Crippen LogP contribution in [0.25, 0.3) is 0 Å². The molecule has 3 atom stereocenters. The van der Waals surface area contributed by atoms with Gasteiger partial charge in [-0.3, -0.25) is 4.79 Å². The Kier molecular flexibility index (Phi) is 2.81. The van der Waals surface area contributed by atoms with Gasteiger partial charge in [-0.1, -0.05) is 0 Å². The van der Waals surface area contributed by atoms with Crippen molar-refractivity contribution in [1.82, 2.24) is 4.90 Å². The summed E-state index contributed by atoms with van der Waals surface area (Å²) in [6.45, 7) is 5.77. The molecular formula is C12H20N2O4. The number of nitrogens with two attached hydrogens (primary N) is 1. The van der Waals surface area contributed by atoms with E-state index in [1.807, 2.05) is 20.8 Å². The number of carboxylic acid groups (broad SMARTS) is 1. The molecule has 1 aliphatic heterocycles. The average Bonchev–Trinajstić information content (AvgIpc) is 2.95. The molecule has 1 heterocycles. The fourth-order valence-electron chi connectivity index (χ4n) is 2.55. The molecule has 1 aliphatic carbocycles. The van der Waals surface area contributed by atoms with E-state index in [9.17, 15) is 9.59 Å². The molecule has 0 radical (unpaired) electrons. The number of aliphatic carboxylic acids is 1. The molecule has 0 aromatic carbocycles. The Morgan fingerprint density at radius 1 is 1.44 bits per heavy atom. The van der Waals surface area contributed by atoms with Crippen LogP contribution in [0.2, 0.25) is 0 Å². The molecule has 2 rings (SSSR count). The molecule has 0 aromatic rings. The van der Waals surface area contributed by atoms with Gasteiger partial charge in [0.15, 0.2) is 0 Å². The number of carbonyl (C=O) groups excluding carboxylic acids is 1. The van der Waals surface area contributed by atoms with E-state index in [4.69, 9.17) is 15.6 Å². The number of hydrogen-bond donors (Lipinski definition) is 2. The van der Waals surface area contributed by atoms with Crippen LogP contribution in [0.5, 0.6) is 0 Å². The molecule has 18 heavy (non-hydrogen) atoms. The fraction of sp³-hybridized carbons (Fsp3) is 0.833. The number of carboxylic acids is 1. The molecule has 3 unspecified atom stereocenters. The molecule has 2 aliphatic rings. The van der Waals surface area contributed by atoms with Gasteiger partial charge in [-0.15, -0.1) is 0 Å². The second kappa shape index (κ2) is 3.85. The lowest BCUT2D eigenvalue weighted by atomic mass is 9.87. The van der Waals surface area contributed by atoms with E-state index in [1.165, 1.54) is 0 Å². The van der Waals surface area contributed by atoms with Crippen molar-refractivity contribution in [2.24, 2.45) is 11.7 Å². The van der Waals surface area contributed by atoms with Crippen LogP contribution in [0.15, 0.2) is 0 Å². The Hall–Kier alpha value is -1.30. The summed E-state index contributed by atoms with van der Waals surface area (Å²) in [7, 11) is 0. The highest BCUT2D eigenvalue weighted by Gasteiger charge is 2.61. The highest BCUT2D eigenvalue weighted by Crippen LogP contribution is 2.48. The topological polar surface area (TPSA) is 92.9 Å². The molecule has 0 spiro atoms. The fourth-order valence-corrected chi connectivity index (χ4v) is 2.55. The lowest BCUT2D eigenvalue weighted by Crippen LogP contribution is -2.58. The number of carbonyl (C=O) groups is 2. The standard InChI is InChI=1S/C12H20N2O4/c1-11(2,3)18-10(17)14-5-4-12(13,9(15)16)7-6-8(7)14/h7-8H,4-6,13H2,1-3H3,(H,15,16). The minimum absolute atomic E-state index is 0.0744. The van der Waals surface area contributed by atoms with Crippen molar-refractivity contribution < 1.29 is 19.4 Å². The summed E-state index contributed by atoms with van der Waals surface area (Å²) in [5, 5.41) is 9.15. The molecule has 3 N–H and O–H groups in total. The molecule has 1 saturated carbocycles. The van der Waals surface area contributed by atoms with E-state index in [0.717, 1.165) is 0 Å². The van der Waals surface area contributed by atoms with E-state index >= 15 is 0 Å². The molecule has 6 nitrogen and oxygen atoms in total.